The minimum atomic E-state index is -0.118. The number of thiazole rings is 1. The van der Waals surface area contributed by atoms with Gasteiger partial charge in [-0.2, -0.15) is 0 Å². The number of methoxy groups -OCH3 is 1. The maximum Gasteiger partial charge on any atom is 0.196 e. The maximum absolute atomic E-state index is 11.5. The summed E-state index contributed by atoms with van der Waals surface area (Å²) in [4.78, 5) is 18.0. The van der Waals surface area contributed by atoms with Crippen LogP contribution >= 0.6 is 22.9 Å². The van der Waals surface area contributed by atoms with Gasteiger partial charge in [0.15, 0.2) is 10.9 Å². The van der Waals surface area contributed by atoms with E-state index in [2.05, 4.69) is 16.8 Å². The van der Waals surface area contributed by atoms with Crippen LogP contribution in [0.2, 0.25) is 0 Å². The van der Waals surface area contributed by atoms with E-state index in [0.717, 1.165) is 24.6 Å². The normalized spacial score (nSPS) is 24.3. The molecule has 2 heterocycles. The molecule has 100 valence electrons. The fraction of sp³-hybridized carbons (Fsp3) is 0.667. The van der Waals surface area contributed by atoms with Crippen molar-refractivity contribution in [2.45, 2.75) is 19.4 Å². The molecule has 1 saturated heterocycles. The Hall–Kier alpha value is -0.650. The number of Topliss-reactive ketones (excluding diaryl/α,β-unsaturated/α-hetero) is 1. The molecule has 18 heavy (non-hydrogen) atoms. The summed E-state index contributed by atoms with van der Waals surface area (Å²) in [6.07, 6.45) is 1.31. The number of piperidine rings is 1. The summed E-state index contributed by atoms with van der Waals surface area (Å²) < 4.78 is 5.48. The molecule has 0 saturated carbocycles. The number of anilines is 1. The van der Waals surface area contributed by atoms with Crippen molar-refractivity contribution in [3.63, 3.8) is 0 Å². The van der Waals surface area contributed by atoms with E-state index in [-0.39, 0.29) is 17.8 Å². The minimum absolute atomic E-state index is 0.0130. The lowest BCUT2D eigenvalue weighted by Crippen LogP contribution is -2.43. The maximum atomic E-state index is 11.5. The molecule has 2 rings (SSSR count). The molecule has 1 fully saturated rings. The molecule has 1 aliphatic rings. The van der Waals surface area contributed by atoms with Gasteiger partial charge in [0.1, 0.15) is 5.69 Å². The number of carbonyl (C=O) groups is 1. The Kier molecular flexibility index (Phi) is 4.59. The van der Waals surface area contributed by atoms with E-state index in [0.29, 0.717) is 11.6 Å². The second-order valence-corrected chi connectivity index (χ2v) is 5.66. The topological polar surface area (TPSA) is 42.4 Å². The Morgan fingerprint density at radius 3 is 3.17 bits per heavy atom. The summed E-state index contributed by atoms with van der Waals surface area (Å²) in [6, 6.07) is 0. The van der Waals surface area contributed by atoms with E-state index in [4.69, 9.17) is 16.3 Å². The standard InChI is InChI=1S/C12H17ClN2O2S/c1-8-3-4-15(6-11(8)17-2)12-14-9(7-18-12)10(16)5-13/h7-8,11H,3-6H2,1-2H3. The van der Waals surface area contributed by atoms with Crippen molar-refractivity contribution in [1.29, 1.82) is 0 Å². The largest absolute Gasteiger partial charge is 0.379 e. The lowest BCUT2D eigenvalue weighted by atomic mass is 9.96. The van der Waals surface area contributed by atoms with E-state index in [1.54, 1.807) is 12.5 Å². The van der Waals surface area contributed by atoms with Gasteiger partial charge < -0.3 is 9.64 Å². The van der Waals surface area contributed by atoms with Crippen LogP contribution in [0.5, 0.6) is 0 Å². The Morgan fingerprint density at radius 1 is 1.72 bits per heavy atom. The van der Waals surface area contributed by atoms with Crippen LogP contribution in [0.25, 0.3) is 0 Å². The predicted octanol–water partition coefficient (Wildman–Crippen LogP) is 2.43. The molecule has 6 heteroatoms. The SMILES string of the molecule is COC1CN(c2nc(C(=O)CCl)cs2)CCC1C. The van der Waals surface area contributed by atoms with Crippen LogP contribution in [-0.4, -0.2) is 43.0 Å². The molecule has 0 bridgehead atoms. The van der Waals surface area contributed by atoms with Crippen LogP contribution < -0.4 is 4.90 Å². The van der Waals surface area contributed by atoms with E-state index < -0.39 is 0 Å². The van der Waals surface area contributed by atoms with Crippen molar-refractivity contribution in [2.24, 2.45) is 5.92 Å². The lowest BCUT2D eigenvalue weighted by molar-refractivity contribution is 0.0498. The zero-order valence-electron chi connectivity index (χ0n) is 10.6. The van der Waals surface area contributed by atoms with E-state index >= 15 is 0 Å². The highest BCUT2D eigenvalue weighted by molar-refractivity contribution is 7.14. The Morgan fingerprint density at radius 2 is 2.50 bits per heavy atom. The molecule has 0 amide bonds. The minimum Gasteiger partial charge on any atom is -0.379 e. The van der Waals surface area contributed by atoms with Gasteiger partial charge in [0.2, 0.25) is 0 Å². The van der Waals surface area contributed by atoms with E-state index in [9.17, 15) is 4.79 Å². The molecule has 1 aromatic heterocycles. The summed E-state index contributed by atoms with van der Waals surface area (Å²) >= 11 is 7.02. The molecular weight excluding hydrogens is 272 g/mol. The van der Waals surface area contributed by atoms with Crippen LogP contribution in [0.4, 0.5) is 5.13 Å². The number of hydrogen-bond acceptors (Lipinski definition) is 5. The number of hydrogen-bond donors (Lipinski definition) is 0. The third-order valence-electron chi connectivity index (χ3n) is 3.36. The average molecular weight is 289 g/mol. The summed E-state index contributed by atoms with van der Waals surface area (Å²) in [6.45, 7) is 4.00. The van der Waals surface area contributed by atoms with Crippen LogP contribution in [0.15, 0.2) is 5.38 Å². The van der Waals surface area contributed by atoms with Crippen molar-refractivity contribution in [2.75, 3.05) is 31.0 Å². The summed E-state index contributed by atoms with van der Waals surface area (Å²) in [5.74, 6) is 0.434. The first kappa shape index (κ1) is 13.8. The first-order valence-electron chi connectivity index (χ1n) is 5.98. The van der Waals surface area contributed by atoms with Gasteiger partial charge >= 0.3 is 0 Å². The summed E-state index contributed by atoms with van der Waals surface area (Å²) in [5.41, 5.74) is 0.470. The Balaban J connectivity index is 2.07. The monoisotopic (exact) mass is 288 g/mol. The molecule has 2 atom stereocenters. The second-order valence-electron chi connectivity index (χ2n) is 4.56. The average Bonchev–Trinajstić information content (AvgIpc) is 2.88. The van der Waals surface area contributed by atoms with Gasteiger partial charge in [0, 0.05) is 25.6 Å². The summed E-state index contributed by atoms with van der Waals surface area (Å²) in [7, 11) is 1.75. The molecule has 0 aromatic carbocycles. The highest BCUT2D eigenvalue weighted by atomic mass is 35.5. The van der Waals surface area contributed by atoms with E-state index in [1.165, 1.54) is 11.3 Å². The third-order valence-corrected chi connectivity index (χ3v) is 4.51. The van der Waals surface area contributed by atoms with Crippen LogP contribution in [0.1, 0.15) is 23.8 Å². The third kappa shape index (κ3) is 2.84. The second kappa shape index (κ2) is 5.99. The van der Waals surface area contributed by atoms with Crippen molar-refractivity contribution in [1.82, 2.24) is 4.98 Å². The molecule has 0 spiro atoms. The quantitative estimate of drug-likeness (QED) is 0.630. The van der Waals surface area contributed by atoms with Gasteiger partial charge in [0.25, 0.3) is 0 Å². The van der Waals surface area contributed by atoms with Crippen LogP contribution in [0, 0.1) is 5.92 Å². The fourth-order valence-corrected chi connectivity index (χ4v) is 3.12. The zero-order valence-corrected chi connectivity index (χ0v) is 12.1. The van der Waals surface area contributed by atoms with Crippen molar-refractivity contribution >= 4 is 33.9 Å². The predicted molar refractivity (Wildman–Crippen MR) is 74.0 cm³/mol. The highest BCUT2D eigenvalue weighted by Crippen LogP contribution is 2.27. The molecule has 4 nitrogen and oxygen atoms in total. The van der Waals surface area contributed by atoms with Crippen molar-refractivity contribution in [3.8, 4) is 0 Å². The van der Waals surface area contributed by atoms with Crippen LogP contribution in [-0.2, 0) is 4.74 Å². The smallest absolute Gasteiger partial charge is 0.196 e. The molecule has 0 radical (unpaired) electrons. The number of halogens is 1. The fourth-order valence-electron chi connectivity index (χ4n) is 2.12. The van der Waals surface area contributed by atoms with Gasteiger partial charge in [-0.1, -0.05) is 6.92 Å². The van der Waals surface area contributed by atoms with Gasteiger partial charge in [-0.25, -0.2) is 4.98 Å². The number of aromatic nitrogens is 1. The Bertz CT molecular complexity index is 424. The van der Waals surface area contributed by atoms with Crippen molar-refractivity contribution in [3.05, 3.63) is 11.1 Å². The van der Waals surface area contributed by atoms with Gasteiger partial charge in [-0.15, -0.1) is 22.9 Å². The molecular formula is C12H17ClN2O2S. The first-order valence-corrected chi connectivity index (χ1v) is 7.39. The number of nitrogens with zero attached hydrogens (tertiary/aromatic N) is 2. The number of ether oxygens (including phenoxy) is 1. The lowest BCUT2D eigenvalue weighted by Gasteiger charge is -2.36. The Labute approximate surface area is 116 Å². The molecule has 0 aliphatic carbocycles. The van der Waals surface area contributed by atoms with Crippen molar-refractivity contribution < 1.29 is 9.53 Å². The molecule has 0 N–H and O–H groups in total. The molecule has 1 aliphatic heterocycles. The first-order chi connectivity index (χ1) is 8.65. The number of carbonyl (C=O) groups excluding carboxylic acids is 1. The molecule has 2 unspecified atom stereocenters. The number of rotatable bonds is 4. The van der Waals surface area contributed by atoms with E-state index in [1.807, 2.05) is 0 Å². The zero-order chi connectivity index (χ0) is 13.1. The van der Waals surface area contributed by atoms with Gasteiger partial charge in [0.05, 0.1) is 12.0 Å². The molecule has 1 aromatic rings. The van der Waals surface area contributed by atoms with Gasteiger partial charge in [-0.05, 0) is 12.3 Å². The number of alkyl halides is 1. The van der Waals surface area contributed by atoms with Crippen LogP contribution in [0.3, 0.4) is 0 Å². The highest BCUT2D eigenvalue weighted by Gasteiger charge is 2.27. The number of ketones is 1. The summed E-state index contributed by atoms with van der Waals surface area (Å²) in [5, 5.41) is 2.66. The van der Waals surface area contributed by atoms with Gasteiger partial charge in [-0.3, -0.25) is 4.79 Å².